The van der Waals surface area contributed by atoms with Crippen LogP contribution in [0.1, 0.15) is 46.0 Å². The van der Waals surface area contributed by atoms with Gasteiger partial charge in [0.2, 0.25) is 0 Å². The monoisotopic (exact) mass is 184 g/mol. The van der Waals surface area contributed by atoms with Crippen LogP contribution in [-0.2, 0) is 4.79 Å². The molecule has 13 heavy (non-hydrogen) atoms. The molecular weight excluding hydrogens is 164 g/mol. The minimum Gasteiger partial charge on any atom is -0.481 e. The molecule has 0 aliphatic heterocycles. The molecular formula is C11H20O2. The SMILES string of the molecule is C/C=C/C(CCCCCC)C(=O)O. The molecule has 0 heterocycles. The summed E-state index contributed by atoms with van der Waals surface area (Å²) < 4.78 is 0. The Morgan fingerprint density at radius 1 is 1.38 bits per heavy atom. The summed E-state index contributed by atoms with van der Waals surface area (Å²) in [5, 5.41) is 8.81. The van der Waals surface area contributed by atoms with Crippen LogP contribution in [0.5, 0.6) is 0 Å². The van der Waals surface area contributed by atoms with Crippen LogP contribution in [0.2, 0.25) is 0 Å². The Morgan fingerprint density at radius 2 is 2.08 bits per heavy atom. The van der Waals surface area contributed by atoms with Gasteiger partial charge in [-0.15, -0.1) is 0 Å². The van der Waals surface area contributed by atoms with E-state index in [1.165, 1.54) is 12.8 Å². The first kappa shape index (κ1) is 12.2. The van der Waals surface area contributed by atoms with Gasteiger partial charge in [0.1, 0.15) is 0 Å². The molecule has 0 amide bonds. The van der Waals surface area contributed by atoms with E-state index in [9.17, 15) is 4.79 Å². The third-order valence-corrected chi connectivity index (χ3v) is 2.11. The maximum atomic E-state index is 10.7. The molecule has 0 saturated carbocycles. The molecule has 0 rings (SSSR count). The Morgan fingerprint density at radius 3 is 2.54 bits per heavy atom. The standard InChI is InChI=1S/C11H20O2/c1-3-5-6-7-9-10(8-4-2)11(12)13/h4,8,10H,3,5-7,9H2,1-2H3,(H,12,13)/b8-4+. The third kappa shape index (κ3) is 6.38. The molecule has 1 unspecified atom stereocenters. The van der Waals surface area contributed by atoms with Crippen molar-refractivity contribution in [1.82, 2.24) is 0 Å². The zero-order chi connectivity index (χ0) is 10.1. The van der Waals surface area contributed by atoms with Crippen LogP contribution in [0.15, 0.2) is 12.2 Å². The molecule has 1 N–H and O–H groups in total. The highest BCUT2D eigenvalue weighted by Crippen LogP contribution is 2.12. The van der Waals surface area contributed by atoms with Crippen molar-refractivity contribution in [2.75, 3.05) is 0 Å². The predicted octanol–water partition coefficient (Wildman–Crippen LogP) is 3.23. The number of hydrogen-bond acceptors (Lipinski definition) is 1. The van der Waals surface area contributed by atoms with Crippen LogP contribution < -0.4 is 0 Å². The summed E-state index contributed by atoms with van der Waals surface area (Å²) in [7, 11) is 0. The van der Waals surface area contributed by atoms with Crippen molar-refractivity contribution in [3.63, 3.8) is 0 Å². The summed E-state index contributed by atoms with van der Waals surface area (Å²) in [6, 6.07) is 0. The van der Waals surface area contributed by atoms with Crippen LogP contribution in [0.25, 0.3) is 0 Å². The summed E-state index contributed by atoms with van der Waals surface area (Å²) >= 11 is 0. The molecule has 0 aliphatic rings. The van der Waals surface area contributed by atoms with Crippen LogP contribution in [0.4, 0.5) is 0 Å². The van der Waals surface area contributed by atoms with Gasteiger partial charge in [-0.25, -0.2) is 0 Å². The molecule has 0 radical (unpaired) electrons. The van der Waals surface area contributed by atoms with E-state index >= 15 is 0 Å². The van der Waals surface area contributed by atoms with Crippen molar-refractivity contribution in [1.29, 1.82) is 0 Å². The molecule has 1 atom stereocenters. The van der Waals surface area contributed by atoms with Crippen molar-refractivity contribution in [3.05, 3.63) is 12.2 Å². The number of aliphatic carboxylic acids is 1. The minimum atomic E-state index is -0.699. The van der Waals surface area contributed by atoms with Gasteiger partial charge in [-0.2, -0.15) is 0 Å². The second kappa shape index (κ2) is 7.84. The molecule has 2 nitrogen and oxygen atoms in total. The molecule has 0 aliphatic carbocycles. The minimum absolute atomic E-state index is 0.276. The molecule has 0 aromatic rings. The van der Waals surface area contributed by atoms with Crippen LogP contribution in [-0.4, -0.2) is 11.1 Å². The number of allylic oxidation sites excluding steroid dienone is 1. The maximum Gasteiger partial charge on any atom is 0.310 e. The van der Waals surface area contributed by atoms with E-state index < -0.39 is 5.97 Å². The number of rotatable bonds is 7. The zero-order valence-corrected chi connectivity index (χ0v) is 8.62. The summed E-state index contributed by atoms with van der Waals surface area (Å²) in [4.78, 5) is 10.7. The second-order valence-electron chi connectivity index (χ2n) is 3.32. The highest BCUT2D eigenvalue weighted by atomic mass is 16.4. The largest absolute Gasteiger partial charge is 0.481 e. The van der Waals surface area contributed by atoms with Gasteiger partial charge < -0.3 is 5.11 Å². The first-order chi connectivity index (χ1) is 6.22. The van der Waals surface area contributed by atoms with E-state index in [1.807, 2.05) is 13.0 Å². The molecule has 0 aromatic carbocycles. The number of carboxylic acid groups (broad SMARTS) is 1. The van der Waals surface area contributed by atoms with Crippen LogP contribution in [0, 0.1) is 5.92 Å². The normalized spacial score (nSPS) is 13.4. The summed E-state index contributed by atoms with van der Waals surface area (Å²) in [5.41, 5.74) is 0. The molecule has 76 valence electrons. The summed E-state index contributed by atoms with van der Waals surface area (Å²) in [6.07, 6.45) is 8.95. The topological polar surface area (TPSA) is 37.3 Å². The fourth-order valence-electron chi connectivity index (χ4n) is 1.33. The van der Waals surface area contributed by atoms with Gasteiger partial charge >= 0.3 is 5.97 Å². The Labute approximate surface area is 80.7 Å². The van der Waals surface area contributed by atoms with E-state index in [4.69, 9.17) is 5.11 Å². The molecule has 2 heteroatoms. The lowest BCUT2D eigenvalue weighted by Crippen LogP contribution is -2.10. The molecule has 0 aromatic heterocycles. The van der Waals surface area contributed by atoms with Gasteiger partial charge in [-0.05, 0) is 13.3 Å². The summed E-state index contributed by atoms with van der Waals surface area (Å²) in [5.74, 6) is -0.976. The van der Waals surface area contributed by atoms with Gasteiger partial charge in [-0.3, -0.25) is 4.79 Å². The van der Waals surface area contributed by atoms with Crippen molar-refractivity contribution in [2.45, 2.75) is 46.0 Å². The van der Waals surface area contributed by atoms with E-state index in [1.54, 1.807) is 6.08 Å². The van der Waals surface area contributed by atoms with Crippen LogP contribution >= 0.6 is 0 Å². The summed E-state index contributed by atoms with van der Waals surface area (Å²) in [6.45, 7) is 4.02. The fourth-order valence-corrected chi connectivity index (χ4v) is 1.33. The van der Waals surface area contributed by atoms with Crippen LogP contribution in [0.3, 0.4) is 0 Å². The van der Waals surface area contributed by atoms with Gasteiger partial charge in [0, 0.05) is 0 Å². The van der Waals surface area contributed by atoms with E-state index in [-0.39, 0.29) is 5.92 Å². The van der Waals surface area contributed by atoms with E-state index in [2.05, 4.69) is 6.92 Å². The Bertz CT molecular complexity index is 161. The molecule has 0 saturated heterocycles. The quantitative estimate of drug-likeness (QED) is 0.487. The lowest BCUT2D eigenvalue weighted by atomic mass is 10.0. The first-order valence-electron chi connectivity index (χ1n) is 5.08. The third-order valence-electron chi connectivity index (χ3n) is 2.11. The van der Waals surface area contributed by atoms with Gasteiger partial charge in [0.25, 0.3) is 0 Å². The number of unbranched alkanes of at least 4 members (excludes halogenated alkanes) is 3. The number of carbonyl (C=O) groups is 1. The molecule has 0 fully saturated rings. The lowest BCUT2D eigenvalue weighted by Gasteiger charge is -2.06. The van der Waals surface area contributed by atoms with Crippen molar-refractivity contribution in [3.8, 4) is 0 Å². The second-order valence-corrected chi connectivity index (χ2v) is 3.32. The van der Waals surface area contributed by atoms with Crippen molar-refractivity contribution < 1.29 is 9.90 Å². The number of hydrogen-bond donors (Lipinski definition) is 1. The zero-order valence-electron chi connectivity index (χ0n) is 8.62. The predicted molar refractivity (Wildman–Crippen MR) is 54.7 cm³/mol. The van der Waals surface area contributed by atoms with Gasteiger partial charge in [0.05, 0.1) is 5.92 Å². The van der Waals surface area contributed by atoms with Gasteiger partial charge in [0.15, 0.2) is 0 Å². The van der Waals surface area contributed by atoms with E-state index in [0.29, 0.717) is 0 Å². The highest BCUT2D eigenvalue weighted by Gasteiger charge is 2.11. The average Bonchev–Trinajstić information content (AvgIpc) is 2.10. The number of carboxylic acids is 1. The Hall–Kier alpha value is -0.790. The highest BCUT2D eigenvalue weighted by molar-refractivity contribution is 5.71. The average molecular weight is 184 g/mol. The Kier molecular flexibility index (Phi) is 7.36. The first-order valence-corrected chi connectivity index (χ1v) is 5.08. The van der Waals surface area contributed by atoms with E-state index in [0.717, 1.165) is 19.3 Å². The fraction of sp³-hybridized carbons (Fsp3) is 0.727. The molecule has 0 bridgehead atoms. The van der Waals surface area contributed by atoms with Crippen molar-refractivity contribution in [2.24, 2.45) is 5.92 Å². The van der Waals surface area contributed by atoms with Crippen molar-refractivity contribution >= 4 is 5.97 Å². The Balaban J connectivity index is 3.64. The van der Waals surface area contributed by atoms with Gasteiger partial charge in [-0.1, -0.05) is 44.8 Å². The maximum absolute atomic E-state index is 10.7. The molecule has 0 spiro atoms. The lowest BCUT2D eigenvalue weighted by molar-refractivity contribution is -0.140. The smallest absolute Gasteiger partial charge is 0.310 e.